The van der Waals surface area contributed by atoms with Gasteiger partial charge in [0.05, 0.1) is 11.9 Å². The van der Waals surface area contributed by atoms with Crippen LogP contribution in [0.25, 0.3) is 11.3 Å². The summed E-state index contributed by atoms with van der Waals surface area (Å²) in [5.74, 6) is 0.251. The fraction of sp³-hybridized carbons (Fsp3) is 0.524. The van der Waals surface area contributed by atoms with E-state index in [-0.39, 0.29) is 5.91 Å². The number of anilines is 1. The Morgan fingerprint density at radius 3 is 2.57 bits per heavy atom. The van der Waals surface area contributed by atoms with Crippen molar-refractivity contribution in [1.82, 2.24) is 25.3 Å². The predicted molar refractivity (Wildman–Crippen MR) is 113 cm³/mol. The summed E-state index contributed by atoms with van der Waals surface area (Å²) in [5.41, 5.74) is 4.65. The summed E-state index contributed by atoms with van der Waals surface area (Å²) in [7, 11) is 4.10. The third-order valence-electron chi connectivity index (χ3n) is 5.36. The lowest BCUT2D eigenvalue weighted by molar-refractivity contribution is -0.131. The van der Waals surface area contributed by atoms with Crippen LogP contribution in [0.15, 0.2) is 30.5 Å². The number of aromatic amines is 1. The van der Waals surface area contributed by atoms with E-state index in [1.165, 1.54) is 11.3 Å². The minimum atomic E-state index is 0.251. The van der Waals surface area contributed by atoms with Gasteiger partial charge in [0.15, 0.2) is 0 Å². The smallest absolute Gasteiger partial charge is 0.222 e. The molecule has 1 aliphatic heterocycles. The third-order valence-corrected chi connectivity index (χ3v) is 5.36. The Morgan fingerprint density at radius 2 is 1.93 bits per heavy atom. The zero-order valence-electron chi connectivity index (χ0n) is 17.2. The Bertz CT molecular complexity index is 749. The fourth-order valence-electron chi connectivity index (χ4n) is 3.63. The molecule has 1 aromatic carbocycles. The van der Waals surface area contributed by atoms with Gasteiger partial charge in [0, 0.05) is 69.0 Å². The Balaban J connectivity index is 1.63. The molecule has 0 unspecified atom stereocenters. The van der Waals surface area contributed by atoms with E-state index in [1.54, 1.807) is 0 Å². The van der Waals surface area contributed by atoms with Crippen molar-refractivity contribution in [3.05, 3.63) is 36.0 Å². The first-order chi connectivity index (χ1) is 13.6. The van der Waals surface area contributed by atoms with Crippen molar-refractivity contribution < 1.29 is 4.79 Å². The third kappa shape index (κ3) is 4.91. The number of rotatable bonds is 8. The van der Waals surface area contributed by atoms with E-state index in [1.807, 2.05) is 25.1 Å². The largest absolute Gasteiger partial charge is 0.368 e. The first-order valence-corrected chi connectivity index (χ1v) is 10.1. The molecule has 0 spiro atoms. The van der Waals surface area contributed by atoms with Crippen LogP contribution in [0.5, 0.6) is 0 Å². The van der Waals surface area contributed by atoms with Gasteiger partial charge in [-0.15, -0.1) is 0 Å². The number of aromatic nitrogens is 2. The van der Waals surface area contributed by atoms with Crippen LogP contribution in [0.2, 0.25) is 0 Å². The number of benzene rings is 1. The molecule has 2 N–H and O–H groups in total. The second-order valence-electron chi connectivity index (χ2n) is 7.38. The lowest BCUT2D eigenvalue weighted by Gasteiger charge is -2.36. The van der Waals surface area contributed by atoms with Gasteiger partial charge in [0.25, 0.3) is 0 Å². The van der Waals surface area contributed by atoms with Gasteiger partial charge in [-0.3, -0.25) is 9.89 Å². The molecule has 1 amide bonds. The van der Waals surface area contributed by atoms with Gasteiger partial charge in [-0.1, -0.05) is 19.1 Å². The van der Waals surface area contributed by atoms with E-state index in [9.17, 15) is 4.79 Å². The van der Waals surface area contributed by atoms with Crippen LogP contribution in [0.3, 0.4) is 0 Å². The van der Waals surface area contributed by atoms with Crippen LogP contribution in [0.1, 0.15) is 18.9 Å². The SMILES string of the molecule is CCC(=O)N1CCN(c2ccc(-c3[nH]ncc3CN(C)CCNC)cc2)CC1. The van der Waals surface area contributed by atoms with E-state index in [2.05, 4.69) is 56.6 Å². The molecule has 7 nitrogen and oxygen atoms in total. The van der Waals surface area contributed by atoms with Gasteiger partial charge in [-0.25, -0.2) is 0 Å². The van der Waals surface area contributed by atoms with Gasteiger partial charge in [-0.2, -0.15) is 5.10 Å². The first-order valence-electron chi connectivity index (χ1n) is 10.1. The number of hydrogen-bond acceptors (Lipinski definition) is 5. The van der Waals surface area contributed by atoms with E-state index < -0.39 is 0 Å². The van der Waals surface area contributed by atoms with Gasteiger partial charge in [0.2, 0.25) is 5.91 Å². The Morgan fingerprint density at radius 1 is 1.21 bits per heavy atom. The summed E-state index contributed by atoms with van der Waals surface area (Å²) in [6.45, 7) is 8.13. The molecule has 1 aliphatic rings. The molecule has 1 fully saturated rings. The van der Waals surface area contributed by atoms with Crippen LogP contribution in [-0.4, -0.2) is 79.3 Å². The average Bonchev–Trinajstić information content (AvgIpc) is 3.20. The lowest BCUT2D eigenvalue weighted by Crippen LogP contribution is -2.48. The summed E-state index contributed by atoms with van der Waals surface area (Å²) in [4.78, 5) is 18.4. The van der Waals surface area contributed by atoms with Crippen molar-refractivity contribution in [3.63, 3.8) is 0 Å². The lowest BCUT2D eigenvalue weighted by atomic mass is 10.1. The second-order valence-corrected chi connectivity index (χ2v) is 7.38. The maximum atomic E-state index is 11.8. The first kappa shape index (κ1) is 20.4. The molecule has 7 heteroatoms. The summed E-state index contributed by atoms with van der Waals surface area (Å²) in [6.07, 6.45) is 2.51. The molecular formula is C21H32N6O. The monoisotopic (exact) mass is 384 g/mol. The van der Waals surface area contributed by atoms with Crippen LogP contribution < -0.4 is 10.2 Å². The molecule has 0 atom stereocenters. The molecule has 0 aliphatic carbocycles. The fourth-order valence-corrected chi connectivity index (χ4v) is 3.63. The highest BCUT2D eigenvalue weighted by atomic mass is 16.2. The van der Waals surface area contributed by atoms with Crippen molar-refractivity contribution >= 4 is 11.6 Å². The van der Waals surface area contributed by atoms with E-state index >= 15 is 0 Å². The molecule has 1 aromatic heterocycles. The number of carbonyl (C=O) groups is 1. The number of H-pyrrole nitrogens is 1. The summed E-state index contributed by atoms with van der Waals surface area (Å²) in [5, 5.41) is 10.6. The number of carbonyl (C=O) groups excluding carboxylic acids is 1. The predicted octanol–water partition coefficient (Wildman–Crippen LogP) is 1.79. The standard InChI is InChI=1S/C21H32N6O/c1-4-20(28)27-13-11-26(12-14-27)19-7-5-17(6-8-19)21-18(15-23-24-21)16-25(3)10-9-22-2/h5-8,15,22H,4,9-14,16H2,1-3H3,(H,23,24). The van der Waals surface area contributed by atoms with E-state index in [0.29, 0.717) is 6.42 Å². The van der Waals surface area contributed by atoms with Gasteiger partial charge >= 0.3 is 0 Å². The summed E-state index contributed by atoms with van der Waals surface area (Å²) < 4.78 is 0. The highest BCUT2D eigenvalue weighted by molar-refractivity contribution is 5.76. The number of nitrogens with one attached hydrogen (secondary N) is 2. The number of piperazine rings is 1. The minimum Gasteiger partial charge on any atom is -0.368 e. The van der Waals surface area contributed by atoms with Crippen molar-refractivity contribution in [2.24, 2.45) is 0 Å². The number of nitrogens with zero attached hydrogens (tertiary/aromatic N) is 4. The Labute approximate surface area is 167 Å². The summed E-state index contributed by atoms with van der Waals surface area (Å²) in [6, 6.07) is 8.65. The van der Waals surface area contributed by atoms with E-state index in [4.69, 9.17) is 0 Å². The molecule has 0 bridgehead atoms. The molecule has 3 rings (SSSR count). The van der Waals surface area contributed by atoms with Crippen molar-refractivity contribution in [1.29, 1.82) is 0 Å². The van der Waals surface area contributed by atoms with Gasteiger partial charge in [0.1, 0.15) is 0 Å². The van der Waals surface area contributed by atoms with Crippen molar-refractivity contribution in [2.75, 3.05) is 58.3 Å². The molecule has 2 aromatic rings. The van der Waals surface area contributed by atoms with Crippen LogP contribution in [-0.2, 0) is 11.3 Å². The molecule has 0 saturated carbocycles. The van der Waals surface area contributed by atoms with Crippen molar-refractivity contribution in [3.8, 4) is 11.3 Å². The topological polar surface area (TPSA) is 67.5 Å². The normalized spacial score (nSPS) is 14.7. The van der Waals surface area contributed by atoms with E-state index in [0.717, 1.165) is 57.1 Å². The minimum absolute atomic E-state index is 0.251. The highest BCUT2D eigenvalue weighted by Gasteiger charge is 2.20. The van der Waals surface area contributed by atoms with Gasteiger partial charge < -0.3 is 20.0 Å². The molecular weight excluding hydrogens is 352 g/mol. The zero-order valence-corrected chi connectivity index (χ0v) is 17.2. The summed E-state index contributed by atoms with van der Waals surface area (Å²) >= 11 is 0. The van der Waals surface area contributed by atoms with Gasteiger partial charge in [-0.05, 0) is 26.2 Å². The van der Waals surface area contributed by atoms with Crippen LogP contribution in [0, 0.1) is 0 Å². The second kappa shape index (κ2) is 9.71. The zero-order chi connectivity index (χ0) is 19.9. The number of likely N-dealkylation sites (N-methyl/N-ethyl adjacent to an activating group) is 2. The molecule has 1 saturated heterocycles. The molecule has 152 valence electrons. The highest BCUT2D eigenvalue weighted by Crippen LogP contribution is 2.25. The molecule has 2 heterocycles. The van der Waals surface area contributed by atoms with Crippen LogP contribution in [0.4, 0.5) is 5.69 Å². The van der Waals surface area contributed by atoms with Crippen LogP contribution >= 0.6 is 0 Å². The Hall–Kier alpha value is -2.38. The average molecular weight is 385 g/mol. The maximum Gasteiger partial charge on any atom is 0.222 e. The van der Waals surface area contributed by atoms with Crippen molar-refractivity contribution in [2.45, 2.75) is 19.9 Å². The quantitative estimate of drug-likeness (QED) is 0.726. The maximum absolute atomic E-state index is 11.8. The number of hydrogen-bond donors (Lipinski definition) is 2. The Kier molecular flexibility index (Phi) is 7.06. The number of amides is 1. The molecule has 0 radical (unpaired) electrons. The molecule has 28 heavy (non-hydrogen) atoms.